The largest absolute Gasteiger partial charge is 0.434 e. The van der Waals surface area contributed by atoms with Crippen LogP contribution in [-0.4, -0.2) is 42.6 Å². The Hall–Kier alpha value is -3.57. The molecule has 0 saturated carbocycles. The SMILES string of the molecule is Cc1cn[nH]c1C(=O)Nc1nc2c(nc1C)N(Cc1cnc(C(F)(F)F)cn1)CCC2. The number of amides is 1. The van der Waals surface area contributed by atoms with Gasteiger partial charge >= 0.3 is 6.18 Å². The first-order chi connectivity index (χ1) is 14.7. The van der Waals surface area contributed by atoms with Gasteiger partial charge in [-0.1, -0.05) is 0 Å². The van der Waals surface area contributed by atoms with Crippen molar-refractivity contribution in [3.8, 4) is 0 Å². The van der Waals surface area contributed by atoms with Crippen molar-refractivity contribution in [3.63, 3.8) is 0 Å². The van der Waals surface area contributed by atoms with E-state index in [-0.39, 0.29) is 12.5 Å². The van der Waals surface area contributed by atoms with Crippen LogP contribution in [0.5, 0.6) is 0 Å². The minimum Gasteiger partial charge on any atom is -0.349 e. The molecule has 9 nitrogen and oxygen atoms in total. The molecule has 0 saturated heterocycles. The van der Waals surface area contributed by atoms with Gasteiger partial charge in [-0.3, -0.25) is 14.9 Å². The molecule has 3 aromatic heterocycles. The number of aromatic amines is 1. The van der Waals surface area contributed by atoms with Gasteiger partial charge in [-0.2, -0.15) is 18.3 Å². The van der Waals surface area contributed by atoms with Crippen molar-refractivity contribution in [2.45, 2.75) is 39.4 Å². The van der Waals surface area contributed by atoms with E-state index in [4.69, 9.17) is 0 Å². The molecular formula is C19H19F3N8O. The fraction of sp³-hybridized carbons (Fsp3) is 0.368. The van der Waals surface area contributed by atoms with Crippen molar-refractivity contribution in [1.29, 1.82) is 0 Å². The summed E-state index contributed by atoms with van der Waals surface area (Å²) < 4.78 is 38.1. The molecule has 0 aliphatic carbocycles. The molecule has 4 rings (SSSR count). The van der Waals surface area contributed by atoms with Crippen LogP contribution >= 0.6 is 0 Å². The minimum absolute atomic E-state index is 0.255. The summed E-state index contributed by atoms with van der Waals surface area (Å²) in [4.78, 5) is 30.9. The molecule has 0 radical (unpaired) electrons. The van der Waals surface area contributed by atoms with Gasteiger partial charge < -0.3 is 10.2 Å². The highest BCUT2D eigenvalue weighted by Crippen LogP contribution is 2.29. The van der Waals surface area contributed by atoms with Gasteiger partial charge in [0.15, 0.2) is 17.3 Å². The monoisotopic (exact) mass is 432 g/mol. The maximum Gasteiger partial charge on any atom is 0.434 e. The van der Waals surface area contributed by atoms with Gasteiger partial charge in [-0.15, -0.1) is 0 Å². The molecule has 0 atom stereocenters. The second-order valence-corrected chi connectivity index (χ2v) is 7.23. The van der Waals surface area contributed by atoms with Crippen molar-refractivity contribution in [1.82, 2.24) is 30.1 Å². The van der Waals surface area contributed by atoms with E-state index in [0.29, 0.717) is 52.9 Å². The van der Waals surface area contributed by atoms with E-state index >= 15 is 0 Å². The number of nitrogens with zero attached hydrogens (tertiary/aromatic N) is 6. The molecule has 2 N–H and O–H groups in total. The zero-order chi connectivity index (χ0) is 22.2. The summed E-state index contributed by atoms with van der Waals surface area (Å²) in [5.41, 5.74) is 1.65. The smallest absolute Gasteiger partial charge is 0.349 e. The average molecular weight is 432 g/mol. The van der Waals surface area contributed by atoms with Crippen LogP contribution in [-0.2, 0) is 19.1 Å². The van der Waals surface area contributed by atoms with Crippen molar-refractivity contribution in [3.05, 3.63) is 52.6 Å². The van der Waals surface area contributed by atoms with Gasteiger partial charge in [-0.05, 0) is 32.3 Å². The van der Waals surface area contributed by atoms with Gasteiger partial charge in [-0.25, -0.2) is 15.0 Å². The summed E-state index contributed by atoms with van der Waals surface area (Å²) in [5.74, 6) is 0.620. The minimum atomic E-state index is -4.53. The number of carbonyl (C=O) groups is 1. The Morgan fingerprint density at radius 1 is 1.19 bits per heavy atom. The van der Waals surface area contributed by atoms with Crippen LogP contribution in [0.4, 0.5) is 24.8 Å². The number of fused-ring (bicyclic) bond motifs is 1. The van der Waals surface area contributed by atoms with E-state index in [2.05, 4.69) is 35.5 Å². The maximum absolute atomic E-state index is 12.7. The lowest BCUT2D eigenvalue weighted by molar-refractivity contribution is -0.141. The van der Waals surface area contributed by atoms with Crippen LogP contribution in [0.2, 0.25) is 0 Å². The van der Waals surface area contributed by atoms with Gasteiger partial charge in [0, 0.05) is 6.54 Å². The fourth-order valence-electron chi connectivity index (χ4n) is 3.30. The number of halogens is 3. The first-order valence-corrected chi connectivity index (χ1v) is 9.54. The van der Waals surface area contributed by atoms with Crippen LogP contribution in [0, 0.1) is 13.8 Å². The second-order valence-electron chi connectivity index (χ2n) is 7.23. The van der Waals surface area contributed by atoms with Crippen LogP contribution in [0.15, 0.2) is 18.6 Å². The number of hydrogen-bond acceptors (Lipinski definition) is 7. The molecule has 1 aliphatic heterocycles. The molecule has 162 valence electrons. The van der Waals surface area contributed by atoms with E-state index in [0.717, 1.165) is 18.8 Å². The first kappa shape index (κ1) is 20.7. The second kappa shape index (κ2) is 7.93. The predicted octanol–water partition coefficient (Wildman–Crippen LogP) is 2.83. The Morgan fingerprint density at radius 3 is 2.65 bits per heavy atom. The average Bonchev–Trinajstić information content (AvgIpc) is 3.15. The third-order valence-corrected chi connectivity index (χ3v) is 4.90. The number of rotatable bonds is 4. The highest BCUT2D eigenvalue weighted by Gasteiger charge is 2.33. The topological polar surface area (TPSA) is 113 Å². The van der Waals surface area contributed by atoms with E-state index < -0.39 is 11.9 Å². The number of hydrogen-bond donors (Lipinski definition) is 2. The number of aryl methyl sites for hydroxylation is 3. The van der Waals surface area contributed by atoms with Gasteiger partial charge in [0.1, 0.15) is 5.69 Å². The Bertz CT molecular complexity index is 1110. The summed E-state index contributed by atoms with van der Waals surface area (Å²) in [6.45, 7) is 4.41. The number of carbonyl (C=O) groups excluding carboxylic acids is 1. The lowest BCUT2D eigenvalue weighted by Crippen LogP contribution is -2.31. The molecule has 1 amide bonds. The molecule has 0 unspecified atom stereocenters. The van der Waals surface area contributed by atoms with Gasteiger partial charge in [0.25, 0.3) is 5.91 Å². The van der Waals surface area contributed by atoms with Crippen molar-refractivity contribution < 1.29 is 18.0 Å². The molecular weight excluding hydrogens is 413 g/mol. The Morgan fingerprint density at radius 2 is 2.00 bits per heavy atom. The predicted molar refractivity (Wildman–Crippen MR) is 104 cm³/mol. The lowest BCUT2D eigenvalue weighted by Gasteiger charge is -2.29. The Labute approximate surface area is 175 Å². The Kier molecular flexibility index (Phi) is 5.29. The van der Waals surface area contributed by atoms with Crippen LogP contribution in [0.25, 0.3) is 0 Å². The summed E-state index contributed by atoms with van der Waals surface area (Å²) in [5, 5.41) is 9.25. The highest BCUT2D eigenvalue weighted by atomic mass is 19.4. The number of anilines is 2. The normalized spacial score (nSPS) is 13.8. The molecule has 0 bridgehead atoms. The van der Waals surface area contributed by atoms with Crippen molar-refractivity contribution in [2.24, 2.45) is 0 Å². The zero-order valence-corrected chi connectivity index (χ0v) is 16.8. The van der Waals surface area contributed by atoms with Crippen LogP contribution < -0.4 is 10.2 Å². The molecule has 12 heteroatoms. The lowest BCUT2D eigenvalue weighted by atomic mass is 10.1. The molecule has 0 spiro atoms. The quantitative estimate of drug-likeness (QED) is 0.652. The molecule has 4 heterocycles. The number of aromatic nitrogens is 6. The number of alkyl halides is 3. The van der Waals surface area contributed by atoms with Crippen molar-refractivity contribution in [2.75, 3.05) is 16.8 Å². The van der Waals surface area contributed by atoms with Crippen LogP contribution in [0.1, 0.15) is 45.2 Å². The number of nitrogens with one attached hydrogen (secondary N) is 2. The third kappa shape index (κ3) is 4.32. The summed E-state index contributed by atoms with van der Waals surface area (Å²) in [7, 11) is 0. The number of H-pyrrole nitrogens is 1. The molecule has 3 aromatic rings. The first-order valence-electron chi connectivity index (χ1n) is 9.54. The van der Waals surface area contributed by atoms with Crippen molar-refractivity contribution >= 4 is 17.5 Å². The Balaban J connectivity index is 1.54. The highest BCUT2D eigenvalue weighted by molar-refractivity contribution is 6.03. The van der Waals surface area contributed by atoms with E-state index in [9.17, 15) is 18.0 Å². The standard InChI is InChI=1S/C19H19F3N8O/c1-10-6-25-29-15(10)18(31)28-16-11(2)26-17-13(27-16)4-3-5-30(17)9-12-7-24-14(8-23-12)19(20,21)22/h6-8H,3-5,9H2,1-2H3,(H,25,29)(H,27,28,31). The maximum atomic E-state index is 12.7. The van der Waals surface area contributed by atoms with E-state index in [1.54, 1.807) is 20.0 Å². The summed E-state index contributed by atoms with van der Waals surface area (Å²) >= 11 is 0. The summed E-state index contributed by atoms with van der Waals surface area (Å²) in [6, 6.07) is 0. The molecule has 1 aliphatic rings. The van der Waals surface area contributed by atoms with Gasteiger partial charge in [0.05, 0.1) is 42.2 Å². The van der Waals surface area contributed by atoms with Gasteiger partial charge in [0.2, 0.25) is 0 Å². The molecule has 0 fully saturated rings. The summed E-state index contributed by atoms with van der Waals surface area (Å²) in [6.07, 6.45) is 0.339. The fourth-order valence-corrected chi connectivity index (χ4v) is 3.30. The van der Waals surface area contributed by atoms with Crippen LogP contribution in [0.3, 0.4) is 0 Å². The third-order valence-electron chi connectivity index (χ3n) is 4.90. The molecule has 31 heavy (non-hydrogen) atoms. The molecule has 0 aromatic carbocycles. The van der Waals surface area contributed by atoms with E-state index in [1.807, 2.05) is 4.90 Å². The zero-order valence-electron chi connectivity index (χ0n) is 16.8. The van der Waals surface area contributed by atoms with E-state index in [1.165, 1.54) is 0 Å².